The summed E-state index contributed by atoms with van der Waals surface area (Å²) in [6.45, 7) is 2.11. The number of aryl methyl sites for hydroxylation is 1. The Kier molecular flexibility index (Phi) is 4.31. The second-order valence-electron chi connectivity index (χ2n) is 4.99. The molecular formula is C18H13ClN4. The van der Waals surface area contributed by atoms with Crippen molar-refractivity contribution < 1.29 is 0 Å². The van der Waals surface area contributed by atoms with E-state index in [1.165, 1.54) is 5.56 Å². The zero-order valence-electron chi connectivity index (χ0n) is 12.5. The zero-order chi connectivity index (χ0) is 16.2. The van der Waals surface area contributed by atoms with Gasteiger partial charge in [-0.1, -0.05) is 43.3 Å². The zero-order valence-corrected chi connectivity index (χ0v) is 13.2. The van der Waals surface area contributed by atoms with Gasteiger partial charge in [-0.2, -0.15) is 15.2 Å². The average Bonchev–Trinajstić information content (AvgIpc) is 2.61. The molecule has 112 valence electrons. The van der Waals surface area contributed by atoms with Crippen LogP contribution in [0.5, 0.6) is 0 Å². The summed E-state index contributed by atoms with van der Waals surface area (Å²) in [5, 5.41) is 9.15. The Morgan fingerprint density at radius 2 is 1.65 bits per heavy atom. The van der Waals surface area contributed by atoms with Gasteiger partial charge >= 0.3 is 0 Å². The molecule has 0 saturated carbocycles. The molecule has 0 saturated heterocycles. The van der Waals surface area contributed by atoms with Crippen LogP contribution >= 0.6 is 11.6 Å². The number of benzene rings is 2. The first kappa shape index (κ1) is 15.1. The first-order valence-electron chi connectivity index (χ1n) is 7.21. The van der Waals surface area contributed by atoms with Gasteiger partial charge in [0.2, 0.25) is 5.28 Å². The van der Waals surface area contributed by atoms with E-state index in [4.69, 9.17) is 16.9 Å². The van der Waals surface area contributed by atoms with Crippen molar-refractivity contribution in [3.63, 3.8) is 0 Å². The largest absolute Gasteiger partial charge is 0.226 e. The molecule has 4 nitrogen and oxygen atoms in total. The first-order valence-corrected chi connectivity index (χ1v) is 7.59. The summed E-state index contributed by atoms with van der Waals surface area (Å²) in [5.74, 6) is 0.974. The summed E-state index contributed by atoms with van der Waals surface area (Å²) in [7, 11) is 0. The van der Waals surface area contributed by atoms with Crippen LogP contribution in [-0.2, 0) is 6.42 Å². The molecule has 3 rings (SSSR count). The van der Waals surface area contributed by atoms with Crippen molar-refractivity contribution in [3.05, 3.63) is 64.9 Å². The van der Waals surface area contributed by atoms with Gasteiger partial charge < -0.3 is 0 Å². The number of rotatable bonds is 3. The van der Waals surface area contributed by atoms with Gasteiger partial charge in [-0.15, -0.1) is 0 Å². The van der Waals surface area contributed by atoms with Crippen molar-refractivity contribution in [3.8, 4) is 28.8 Å². The molecule has 0 aliphatic carbocycles. The molecule has 5 heteroatoms. The predicted molar refractivity (Wildman–Crippen MR) is 89.8 cm³/mol. The third kappa shape index (κ3) is 3.36. The molecular weight excluding hydrogens is 308 g/mol. The number of hydrogen-bond acceptors (Lipinski definition) is 4. The fraction of sp³-hybridized carbons (Fsp3) is 0.111. The lowest BCUT2D eigenvalue weighted by molar-refractivity contribution is 1.06. The molecule has 0 fully saturated rings. The van der Waals surface area contributed by atoms with Crippen molar-refractivity contribution in [2.24, 2.45) is 0 Å². The van der Waals surface area contributed by atoms with Crippen LogP contribution in [0.25, 0.3) is 22.8 Å². The summed E-state index contributed by atoms with van der Waals surface area (Å²) in [6, 6.07) is 17.2. The quantitative estimate of drug-likeness (QED) is 0.722. The Hall–Kier alpha value is -2.77. The molecule has 0 radical (unpaired) electrons. The molecule has 0 bridgehead atoms. The topological polar surface area (TPSA) is 62.5 Å². The third-order valence-electron chi connectivity index (χ3n) is 3.48. The van der Waals surface area contributed by atoms with Gasteiger partial charge in [0, 0.05) is 11.1 Å². The fourth-order valence-electron chi connectivity index (χ4n) is 2.23. The van der Waals surface area contributed by atoms with Crippen LogP contribution < -0.4 is 0 Å². The minimum atomic E-state index is 0.131. The molecule has 1 heterocycles. The lowest BCUT2D eigenvalue weighted by Crippen LogP contribution is -1.97. The number of hydrogen-bond donors (Lipinski definition) is 0. The maximum absolute atomic E-state index is 9.02. The van der Waals surface area contributed by atoms with E-state index in [-0.39, 0.29) is 5.28 Å². The molecule has 1 aromatic heterocycles. The molecule has 23 heavy (non-hydrogen) atoms. The first-order chi connectivity index (χ1) is 11.2. The van der Waals surface area contributed by atoms with Gasteiger partial charge in [0.1, 0.15) is 0 Å². The summed E-state index contributed by atoms with van der Waals surface area (Å²) in [5.41, 5.74) is 3.41. The van der Waals surface area contributed by atoms with Crippen LogP contribution in [0, 0.1) is 11.3 Å². The van der Waals surface area contributed by atoms with E-state index >= 15 is 0 Å². The maximum atomic E-state index is 9.02. The lowest BCUT2D eigenvalue weighted by Gasteiger charge is -2.06. The van der Waals surface area contributed by atoms with Gasteiger partial charge in [-0.05, 0) is 35.7 Å². The Morgan fingerprint density at radius 1 is 0.957 bits per heavy atom. The second-order valence-corrected chi connectivity index (χ2v) is 5.33. The van der Waals surface area contributed by atoms with Crippen molar-refractivity contribution in [2.45, 2.75) is 13.3 Å². The highest BCUT2D eigenvalue weighted by Crippen LogP contribution is 2.22. The highest BCUT2D eigenvalue weighted by molar-refractivity contribution is 6.28. The number of nitriles is 1. The predicted octanol–water partition coefficient (Wildman–Crippen LogP) is 4.29. The molecule has 0 aliphatic heterocycles. The summed E-state index contributed by atoms with van der Waals surface area (Å²) >= 11 is 6.05. The molecule has 3 aromatic rings. The van der Waals surface area contributed by atoms with Crippen LogP contribution in [0.3, 0.4) is 0 Å². The Bertz CT molecular complexity index is 882. The van der Waals surface area contributed by atoms with E-state index in [9.17, 15) is 0 Å². The Labute approximate surface area is 139 Å². The normalized spacial score (nSPS) is 10.3. The molecule has 0 unspecified atom stereocenters. The number of aromatic nitrogens is 3. The average molecular weight is 321 g/mol. The van der Waals surface area contributed by atoms with E-state index < -0.39 is 0 Å². The fourth-order valence-corrected chi connectivity index (χ4v) is 2.39. The summed E-state index contributed by atoms with van der Waals surface area (Å²) < 4.78 is 0. The Morgan fingerprint density at radius 3 is 2.30 bits per heavy atom. The summed E-state index contributed by atoms with van der Waals surface area (Å²) in [6.07, 6.45) is 0.977. The standard InChI is InChI=1S/C18H13ClN4/c1-2-12-6-8-14(9-7-12)16-21-17(23-18(19)22-16)15-5-3-4-13(10-15)11-20/h3-10H,2H2,1H3. The number of nitrogens with zero attached hydrogens (tertiary/aromatic N) is 4. The molecule has 0 N–H and O–H groups in total. The van der Waals surface area contributed by atoms with Gasteiger partial charge in [-0.3, -0.25) is 0 Å². The van der Waals surface area contributed by atoms with E-state index in [1.54, 1.807) is 18.2 Å². The molecule has 0 atom stereocenters. The van der Waals surface area contributed by atoms with Crippen molar-refractivity contribution in [1.82, 2.24) is 15.0 Å². The third-order valence-corrected chi connectivity index (χ3v) is 3.65. The number of halogens is 1. The van der Waals surface area contributed by atoms with E-state index in [0.717, 1.165) is 17.5 Å². The highest BCUT2D eigenvalue weighted by atomic mass is 35.5. The van der Waals surface area contributed by atoms with E-state index in [2.05, 4.69) is 27.9 Å². The molecule has 0 amide bonds. The SMILES string of the molecule is CCc1ccc(-c2nc(Cl)nc(-c3cccc(C#N)c3)n2)cc1. The highest BCUT2D eigenvalue weighted by Gasteiger charge is 2.10. The van der Waals surface area contributed by atoms with Crippen molar-refractivity contribution in [2.75, 3.05) is 0 Å². The second kappa shape index (κ2) is 6.55. The van der Waals surface area contributed by atoms with Gasteiger partial charge in [0.25, 0.3) is 0 Å². The van der Waals surface area contributed by atoms with Crippen LogP contribution in [-0.4, -0.2) is 15.0 Å². The molecule has 0 spiro atoms. The summed E-state index contributed by atoms with van der Waals surface area (Å²) in [4.78, 5) is 12.9. The minimum absolute atomic E-state index is 0.131. The van der Waals surface area contributed by atoms with Crippen molar-refractivity contribution in [1.29, 1.82) is 5.26 Å². The van der Waals surface area contributed by atoms with Gasteiger partial charge in [0.15, 0.2) is 11.6 Å². The van der Waals surface area contributed by atoms with Gasteiger partial charge in [-0.25, -0.2) is 4.98 Å². The molecule has 2 aromatic carbocycles. The van der Waals surface area contributed by atoms with Crippen LogP contribution in [0.4, 0.5) is 0 Å². The lowest BCUT2D eigenvalue weighted by atomic mass is 10.1. The smallest absolute Gasteiger partial charge is 0.208 e. The Balaban J connectivity index is 2.06. The van der Waals surface area contributed by atoms with Crippen LogP contribution in [0.1, 0.15) is 18.1 Å². The monoisotopic (exact) mass is 320 g/mol. The molecule has 0 aliphatic rings. The van der Waals surface area contributed by atoms with E-state index in [1.807, 2.05) is 30.3 Å². The van der Waals surface area contributed by atoms with Crippen LogP contribution in [0.15, 0.2) is 48.5 Å². The van der Waals surface area contributed by atoms with E-state index in [0.29, 0.717) is 17.2 Å². The van der Waals surface area contributed by atoms with Crippen molar-refractivity contribution >= 4 is 11.6 Å². The maximum Gasteiger partial charge on any atom is 0.226 e. The van der Waals surface area contributed by atoms with Crippen LogP contribution in [0.2, 0.25) is 5.28 Å². The van der Waals surface area contributed by atoms with Gasteiger partial charge in [0.05, 0.1) is 11.6 Å². The minimum Gasteiger partial charge on any atom is -0.208 e.